The van der Waals surface area contributed by atoms with Crippen LogP contribution in [-0.4, -0.2) is 23.3 Å². The molecule has 0 bridgehead atoms. The van der Waals surface area contributed by atoms with E-state index in [0.717, 1.165) is 24.1 Å². The first kappa shape index (κ1) is 19.8. The van der Waals surface area contributed by atoms with Gasteiger partial charge in [0.1, 0.15) is 0 Å². The topological polar surface area (TPSA) is 92.6 Å². The van der Waals surface area contributed by atoms with Crippen LogP contribution in [0.3, 0.4) is 0 Å². The normalized spacial score (nSPS) is 12.9. The molecular weight excluding hydrogens is 402 g/mol. The summed E-state index contributed by atoms with van der Waals surface area (Å²) in [5.41, 5.74) is 3.26. The largest absolute Gasteiger partial charge is 0.322 e. The minimum Gasteiger partial charge on any atom is -0.322 e. The predicted octanol–water partition coefficient (Wildman–Crippen LogP) is 4.81. The average molecular weight is 421 g/mol. The number of nitrogens with zero attached hydrogens (tertiary/aromatic N) is 2. The maximum atomic E-state index is 12.8. The molecule has 1 aliphatic rings. The van der Waals surface area contributed by atoms with Crippen molar-refractivity contribution >= 4 is 40.2 Å². The molecule has 1 aliphatic heterocycles. The summed E-state index contributed by atoms with van der Waals surface area (Å²) in [7, 11) is 0. The lowest BCUT2D eigenvalue weighted by atomic mass is 10.0. The van der Waals surface area contributed by atoms with Gasteiger partial charge in [-0.3, -0.25) is 19.7 Å². The zero-order valence-electron chi connectivity index (χ0n) is 16.3. The quantitative estimate of drug-likeness (QED) is 0.483. The number of hydrogen-bond donors (Lipinski definition) is 1. The van der Waals surface area contributed by atoms with Crippen LogP contribution in [0.4, 0.5) is 17.1 Å². The van der Waals surface area contributed by atoms with Gasteiger partial charge in [0, 0.05) is 35.1 Å². The number of thiophene rings is 1. The highest BCUT2D eigenvalue weighted by molar-refractivity contribution is 7.12. The molecule has 2 amide bonds. The number of benzene rings is 2. The van der Waals surface area contributed by atoms with Crippen LogP contribution < -0.4 is 10.2 Å². The summed E-state index contributed by atoms with van der Waals surface area (Å²) in [6, 6.07) is 13.5. The van der Waals surface area contributed by atoms with E-state index in [4.69, 9.17) is 0 Å². The lowest BCUT2D eigenvalue weighted by molar-refractivity contribution is -0.385. The minimum absolute atomic E-state index is 0.0101. The average Bonchev–Trinajstić information content (AvgIpc) is 3.27. The van der Waals surface area contributed by atoms with Gasteiger partial charge in [-0.05, 0) is 67.1 Å². The van der Waals surface area contributed by atoms with Crippen LogP contribution in [0.2, 0.25) is 0 Å². The van der Waals surface area contributed by atoms with E-state index in [1.807, 2.05) is 29.6 Å². The number of nitrogens with one attached hydrogen (secondary N) is 1. The molecule has 2 aromatic carbocycles. The fourth-order valence-corrected chi connectivity index (χ4v) is 4.30. The van der Waals surface area contributed by atoms with Crippen molar-refractivity contribution in [2.75, 3.05) is 16.8 Å². The first-order valence-corrected chi connectivity index (χ1v) is 10.4. The molecule has 0 saturated heterocycles. The third-order valence-corrected chi connectivity index (χ3v) is 5.95. The molecule has 0 unspecified atom stereocenters. The molecule has 0 spiro atoms. The first-order chi connectivity index (χ1) is 14.4. The van der Waals surface area contributed by atoms with Crippen LogP contribution in [0.1, 0.15) is 37.6 Å². The number of fused-ring (bicyclic) bond motifs is 1. The summed E-state index contributed by atoms with van der Waals surface area (Å²) in [4.78, 5) is 38.4. The molecule has 0 atom stereocenters. The second-order valence-corrected chi connectivity index (χ2v) is 8.04. The summed E-state index contributed by atoms with van der Waals surface area (Å²) in [6.07, 6.45) is 1.67. The van der Waals surface area contributed by atoms with Gasteiger partial charge in [0.05, 0.1) is 9.80 Å². The Hall–Kier alpha value is -3.52. The molecule has 152 valence electrons. The van der Waals surface area contributed by atoms with E-state index >= 15 is 0 Å². The van der Waals surface area contributed by atoms with Crippen LogP contribution in [0.5, 0.6) is 0 Å². The standard InChI is InChI=1S/C22H19N3O4S/c1-14-12-16(6-8-18(14)25(28)29)21(26)23-17-7-9-19-15(13-17)4-2-10-24(19)22(27)20-5-3-11-30-20/h3,5-9,11-13H,2,4,10H2,1H3,(H,23,26). The molecule has 8 heteroatoms. The Bertz CT molecular complexity index is 1140. The molecule has 0 saturated carbocycles. The first-order valence-electron chi connectivity index (χ1n) is 9.49. The summed E-state index contributed by atoms with van der Waals surface area (Å²) >= 11 is 1.42. The van der Waals surface area contributed by atoms with E-state index in [1.54, 1.807) is 17.9 Å². The molecule has 4 rings (SSSR count). The van der Waals surface area contributed by atoms with Gasteiger partial charge in [-0.25, -0.2) is 0 Å². The van der Waals surface area contributed by atoms with Gasteiger partial charge in [-0.15, -0.1) is 11.3 Å². The highest BCUT2D eigenvalue weighted by Gasteiger charge is 2.24. The molecule has 1 N–H and O–H groups in total. The summed E-state index contributed by atoms with van der Waals surface area (Å²) in [6.45, 7) is 2.27. The number of amides is 2. The van der Waals surface area contributed by atoms with Gasteiger partial charge >= 0.3 is 0 Å². The van der Waals surface area contributed by atoms with E-state index in [1.165, 1.54) is 29.5 Å². The van der Waals surface area contributed by atoms with Crippen LogP contribution in [0.25, 0.3) is 0 Å². The number of hydrogen-bond acceptors (Lipinski definition) is 5. The number of nitro groups is 1. The van der Waals surface area contributed by atoms with Gasteiger partial charge in [0.25, 0.3) is 17.5 Å². The Kier molecular flexibility index (Phi) is 5.33. The number of carbonyl (C=O) groups is 2. The Labute approximate surface area is 177 Å². The number of carbonyl (C=O) groups excluding carboxylic acids is 2. The lowest BCUT2D eigenvalue weighted by Gasteiger charge is -2.29. The molecule has 7 nitrogen and oxygen atoms in total. The summed E-state index contributed by atoms with van der Waals surface area (Å²) in [5, 5.41) is 15.7. The van der Waals surface area contributed by atoms with E-state index in [0.29, 0.717) is 28.2 Å². The molecular formula is C22H19N3O4S. The van der Waals surface area contributed by atoms with E-state index in [9.17, 15) is 19.7 Å². The van der Waals surface area contributed by atoms with E-state index in [2.05, 4.69) is 5.32 Å². The lowest BCUT2D eigenvalue weighted by Crippen LogP contribution is -2.35. The van der Waals surface area contributed by atoms with Crippen LogP contribution in [-0.2, 0) is 6.42 Å². The van der Waals surface area contributed by atoms with Crippen molar-refractivity contribution in [3.63, 3.8) is 0 Å². The van der Waals surface area contributed by atoms with Gasteiger partial charge in [-0.2, -0.15) is 0 Å². The smallest absolute Gasteiger partial charge is 0.272 e. The van der Waals surface area contributed by atoms with Gasteiger partial charge in [-0.1, -0.05) is 6.07 Å². The highest BCUT2D eigenvalue weighted by atomic mass is 32.1. The molecule has 0 fully saturated rings. The predicted molar refractivity (Wildman–Crippen MR) is 117 cm³/mol. The number of aryl methyl sites for hydroxylation is 2. The third-order valence-electron chi connectivity index (χ3n) is 5.09. The molecule has 0 aliphatic carbocycles. The Morgan fingerprint density at radius 2 is 2.00 bits per heavy atom. The van der Waals surface area contributed by atoms with Gasteiger partial charge in [0.15, 0.2) is 0 Å². The highest BCUT2D eigenvalue weighted by Crippen LogP contribution is 2.31. The number of anilines is 2. The molecule has 1 aromatic heterocycles. The molecule has 30 heavy (non-hydrogen) atoms. The Balaban J connectivity index is 1.54. The fourth-order valence-electron chi connectivity index (χ4n) is 3.62. The second-order valence-electron chi connectivity index (χ2n) is 7.09. The number of rotatable bonds is 4. The van der Waals surface area contributed by atoms with Crippen molar-refractivity contribution in [3.05, 3.63) is 85.6 Å². The Morgan fingerprint density at radius 3 is 2.70 bits per heavy atom. The minimum atomic E-state index is -0.469. The van der Waals surface area contributed by atoms with Crippen molar-refractivity contribution in [2.45, 2.75) is 19.8 Å². The Morgan fingerprint density at radius 1 is 1.17 bits per heavy atom. The van der Waals surface area contributed by atoms with Gasteiger partial charge < -0.3 is 10.2 Å². The van der Waals surface area contributed by atoms with Crippen LogP contribution in [0, 0.1) is 17.0 Å². The zero-order chi connectivity index (χ0) is 21.3. The molecule has 3 aromatic rings. The van der Waals surface area contributed by atoms with Crippen molar-refractivity contribution in [2.24, 2.45) is 0 Å². The molecule has 0 radical (unpaired) electrons. The SMILES string of the molecule is Cc1cc(C(=O)Nc2ccc3c(c2)CCCN3C(=O)c2cccs2)ccc1[N+](=O)[O-]. The van der Waals surface area contributed by atoms with E-state index in [-0.39, 0.29) is 17.5 Å². The maximum Gasteiger partial charge on any atom is 0.272 e. The maximum absolute atomic E-state index is 12.8. The van der Waals surface area contributed by atoms with Crippen molar-refractivity contribution < 1.29 is 14.5 Å². The molecule has 2 heterocycles. The van der Waals surface area contributed by atoms with E-state index < -0.39 is 4.92 Å². The van der Waals surface area contributed by atoms with Crippen LogP contribution >= 0.6 is 11.3 Å². The van der Waals surface area contributed by atoms with Crippen LogP contribution in [0.15, 0.2) is 53.9 Å². The van der Waals surface area contributed by atoms with Crippen molar-refractivity contribution in [3.8, 4) is 0 Å². The fraction of sp³-hybridized carbons (Fsp3) is 0.182. The monoisotopic (exact) mass is 421 g/mol. The summed E-state index contributed by atoms with van der Waals surface area (Å²) < 4.78 is 0. The summed E-state index contributed by atoms with van der Waals surface area (Å²) in [5.74, 6) is -0.348. The van der Waals surface area contributed by atoms with Gasteiger partial charge in [0.2, 0.25) is 0 Å². The van der Waals surface area contributed by atoms with Crippen molar-refractivity contribution in [1.29, 1.82) is 0 Å². The zero-order valence-corrected chi connectivity index (χ0v) is 17.1. The third kappa shape index (κ3) is 3.81. The van der Waals surface area contributed by atoms with Crippen molar-refractivity contribution in [1.82, 2.24) is 0 Å². The number of nitro benzene ring substituents is 1. The second kappa shape index (κ2) is 8.08.